The number of rotatable bonds is 7. The molecule has 2 atom stereocenters. The minimum atomic E-state index is 0.539. The first kappa shape index (κ1) is 13.3. The van der Waals surface area contributed by atoms with Crippen molar-refractivity contribution < 1.29 is 4.74 Å². The average molecular weight is 231 g/mol. The van der Waals surface area contributed by atoms with Crippen LogP contribution in [0.1, 0.15) is 33.6 Å². The molecule has 0 aromatic rings. The van der Waals surface area contributed by atoms with Crippen molar-refractivity contribution in [1.82, 2.24) is 5.32 Å². The maximum Gasteiger partial charge on any atom is 0.0666 e. The van der Waals surface area contributed by atoms with Gasteiger partial charge in [0.25, 0.3) is 0 Å². The van der Waals surface area contributed by atoms with Crippen LogP contribution in [-0.4, -0.2) is 36.8 Å². The number of ether oxygens (including phenoxy) is 1. The molecular weight excluding hydrogens is 206 g/mol. The van der Waals surface area contributed by atoms with Crippen LogP contribution in [0.4, 0.5) is 0 Å². The maximum absolute atomic E-state index is 5.58. The molecule has 1 fully saturated rings. The third kappa shape index (κ3) is 5.79. The number of thioether (sulfide) groups is 1. The second-order valence-corrected chi connectivity index (χ2v) is 5.85. The van der Waals surface area contributed by atoms with Crippen molar-refractivity contribution in [3.63, 3.8) is 0 Å². The molecule has 1 N–H and O–H groups in total. The molecule has 1 rings (SSSR count). The Kier molecular flexibility index (Phi) is 6.69. The third-order valence-electron chi connectivity index (χ3n) is 3.04. The van der Waals surface area contributed by atoms with Crippen LogP contribution in [0.3, 0.4) is 0 Å². The summed E-state index contributed by atoms with van der Waals surface area (Å²) in [6.45, 7) is 8.88. The molecule has 90 valence electrons. The predicted octanol–water partition coefficient (Wildman–Crippen LogP) is 2.53. The molecule has 0 saturated carbocycles. The molecule has 2 nitrogen and oxygen atoms in total. The summed E-state index contributed by atoms with van der Waals surface area (Å²) < 4.78 is 5.58. The topological polar surface area (TPSA) is 21.3 Å². The van der Waals surface area contributed by atoms with Crippen LogP contribution >= 0.6 is 11.8 Å². The summed E-state index contributed by atoms with van der Waals surface area (Å²) in [5, 5.41) is 3.55. The van der Waals surface area contributed by atoms with Crippen LogP contribution in [0.25, 0.3) is 0 Å². The molecule has 0 aromatic heterocycles. The van der Waals surface area contributed by atoms with Crippen molar-refractivity contribution in [2.24, 2.45) is 5.92 Å². The maximum atomic E-state index is 5.58. The van der Waals surface area contributed by atoms with E-state index in [1.54, 1.807) is 0 Å². The quantitative estimate of drug-likeness (QED) is 0.680. The standard InChI is InChI=1S/C12H25NOS/c1-10(2)11(3)13-6-8-15-9-12-5-4-7-14-12/h10-13H,4-9H2,1-3H3. The van der Waals surface area contributed by atoms with Gasteiger partial charge in [-0.2, -0.15) is 11.8 Å². The number of hydrogen-bond donors (Lipinski definition) is 1. The van der Waals surface area contributed by atoms with Gasteiger partial charge in [0.05, 0.1) is 6.10 Å². The molecule has 1 saturated heterocycles. The first-order valence-electron chi connectivity index (χ1n) is 6.13. The van der Waals surface area contributed by atoms with Crippen molar-refractivity contribution in [2.75, 3.05) is 24.7 Å². The summed E-state index contributed by atoms with van der Waals surface area (Å²) in [5.41, 5.74) is 0. The molecule has 1 aliphatic rings. The Balaban J connectivity index is 1.88. The van der Waals surface area contributed by atoms with E-state index in [2.05, 4.69) is 26.1 Å². The van der Waals surface area contributed by atoms with Crippen LogP contribution in [0.2, 0.25) is 0 Å². The van der Waals surface area contributed by atoms with Gasteiger partial charge in [0.15, 0.2) is 0 Å². The lowest BCUT2D eigenvalue weighted by molar-refractivity contribution is 0.129. The smallest absolute Gasteiger partial charge is 0.0666 e. The second kappa shape index (κ2) is 7.53. The normalized spacial score (nSPS) is 23.6. The Morgan fingerprint density at radius 1 is 1.40 bits per heavy atom. The van der Waals surface area contributed by atoms with Gasteiger partial charge < -0.3 is 10.1 Å². The fourth-order valence-electron chi connectivity index (χ4n) is 1.59. The van der Waals surface area contributed by atoms with E-state index < -0.39 is 0 Å². The van der Waals surface area contributed by atoms with Gasteiger partial charge in [-0.25, -0.2) is 0 Å². The molecule has 1 heterocycles. The van der Waals surface area contributed by atoms with Crippen LogP contribution in [0.5, 0.6) is 0 Å². The molecule has 1 aliphatic heterocycles. The highest BCUT2D eigenvalue weighted by Gasteiger charge is 2.14. The lowest BCUT2D eigenvalue weighted by Gasteiger charge is -2.17. The van der Waals surface area contributed by atoms with E-state index >= 15 is 0 Å². The Hall–Kier alpha value is 0.270. The third-order valence-corrected chi connectivity index (χ3v) is 4.14. The molecule has 0 bridgehead atoms. The molecule has 0 amide bonds. The minimum absolute atomic E-state index is 0.539. The molecule has 0 radical (unpaired) electrons. The lowest BCUT2D eigenvalue weighted by atomic mass is 10.1. The van der Waals surface area contributed by atoms with E-state index in [0.29, 0.717) is 12.1 Å². The highest BCUT2D eigenvalue weighted by molar-refractivity contribution is 7.99. The average Bonchev–Trinajstić information content (AvgIpc) is 2.69. The Labute approximate surface area is 98.5 Å². The van der Waals surface area contributed by atoms with Crippen LogP contribution in [-0.2, 0) is 4.74 Å². The Morgan fingerprint density at radius 3 is 2.80 bits per heavy atom. The minimum Gasteiger partial charge on any atom is -0.377 e. The van der Waals surface area contributed by atoms with Gasteiger partial charge in [-0.15, -0.1) is 0 Å². The largest absolute Gasteiger partial charge is 0.377 e. The molecule has 0 aromatic carbocycles. The van der Waals surface area contributed by atoms with Crippen LogP contribution < -0.4 is 5.32 Å². The molecule has 0 spiro atoms. The van der Waals surface area contributed by atoms with Gasteiger partial charge in [-0.1, -0.05) is 13.8 Å². The van der Waals surface area contributed by atoms with Crippen molar-refractivity contribution >= 4 is 11.8 Å². The van der Waals surface area contributed by atoms with Crippen LogP contribution in [0, 0.1) is 5.92 Å². The number of nitrogens with one attached hydrogen (secondary N) is 1. The highest BCUT2D eigenvalue weighted by Crippen LogP contribution is 2.16. The second-order valence-electron chi connectivity index (χ2n) is 4.70. The van der Waals surface area contributed by atoms with Crippen molar-refractivity contribution in [3.8, 4) is 0 Å². The van der Waals surface area contributed by atoms with Gasteiger partial charge in [0.2, 0.25) is 0 Å². The zero-order chi connectivity index (χ0) is 11.1. The zero-order valence-electron chi connectivity index (χ0n) is 10.3. The number of hydrogen-bond acceptors (Lipinski definition) is 3. The van der Waals surface area contributed by atoms with Gasteiger partial charge in [-0.3, -0.25) is 0 Å². The van der Waals surface area contributed by atoms with Gasteiger partial charge in [-0.05, 0) is 25.7 Å². The SMILES string of the molecule is CC(C)C(C)NCCSCC1CCCO1. The van der Waals surface area contributed by atoms with Crippen molar-refractivity contribution in [1.29, 1.82) is 0 Å². The van der Waals surface area contributed by atoms with E-state index in [-0.39, 0.29) is 0 Å². The lowest BCUT2D eigenvalue weighted by Crippen LogP contribution is -2.32. The fraction of sp³-hybridized carbons (Fsp3) is 1.00. The summed E-state index contributed by atoms with van der Waals surface area (Å²) in [5.74, 6) is 3.11. The van der Waals surface area contributed by atoms with Gasteiger partial charge in [0, 0.05) is 30.7 Å². The molecule has 3 heteroatoms. The Morgan fingerprint density at radius 2 is 2.20 bits per heavy atom. The van der Waals surface area contributed by atoms with Crippen molar-refractivity contribution in [3.05, 3.63) is 0 Å². The molecule has 15 heavy (non-hydrogen) atoms. The van der Waals surface area contributed by atoms with E-state index in [0.717, 1.165) is 19.1 Å². The van der Waals surface area contributed by atoms with E-state index in [4.69, 9.17) is 4.74 Å². The first-order valence-corrected chi connectivity index (χ1v) is 7.28. The highest BCUT2D eigenvalue weighted by atomic mass is 32.2. The molecule has 2 unspecified atom stereocenters. The Bertz CT molecular complexity index is 154. The van der Waals surface area contributed by atoms with E-state index in [9.17, 15) is 0 Å². The van der Waals surface area contributed by atoms with Gasteiger partial charge in [0.1, 0.15) is 0 Å². The summed E-state index contributed by atoms with van der Waals surface area (Å²) >= 11 is 2.02. The monoisotopic (exact) mass is 231 g/mol. The summed E-state index contributed by atoms with van der Waals surface area (Å²) in [6.07, 6.45) is 3.06. The molecule has 0 aliphatic carbocycles. The van der Waals surface area contributed by atoms with Crippen LogP contribution in [0.15, 0.2) is 0 Å². The fourth-order valence-corrected chi connectivity index (χ4v) is 2.54. The zero-order valence-corrected chi connectivity index (χ0v) is 11.1. The molecular formula is C12H25NOS. The predicted molar refractivity (Wildman–Crippen MR) is 68.6 cm³/mol. The summed E-state index contributed by atoms with van der Waals surface area (Å²) in [7, 11) is 0. The van der Waals surface area contributed by atoms with Crippen molar-refractivity contribution in [2.45, 2.75) is 45.8 Å². The first-order chi connectivity index (χ1) is 7.20. The van der Waals surface area contributed by atoms with E-state index in [1.807, 2.05) is 11.8 Å². The van der Waals surface area contributed by atoms with E-state index in [1.165, 1.54) is 24.3 Å². The van der Waals surface area contributed by atoms with Gasteiger partial charge >= 0.3 is 0 Å². The summed E-state index contributed by atoms with van der Waals surface area (Å²) in [6, 6.07) is 0.633. The summed E-state index contributed by atoms with van der Waals surface area (Å²) in [4.78, 5) is 0.